The van der Waals surface area contributed by atoms with Gasteiger partial charge in [0.15, 0.2) is 11.5 Å². The van der Waals surface area contributed by atoms with Gasteiger partial charge in [-0.3, -0.25) is 4.79 Å². The second-order valence-corrected chi connectivity index (χ2v) is 6.10. The number of halogens is 1. The Balaban J connectivity index is 1.87. The third kappa shape index (κ3) is 2.95. The van der Waals surface area contributed by atoms with Crippen molar-refractivity contribution in [2.75, 3.05) is 18.5 Å². The van der Waals surface area contributed by atoms with Gasteiger partial charge in [-0.15, -0.1) is 0 Å². The van der Waals surface area contributed by atoms with Gasteiger partial charge in [-0.1, -0.05) is 17.7 Å². The summed E-state index contributed by atoms with van der Waals surface area (Å²) in [5.41, 5.74) is 3.40. The first kappa shape index (κ1) is 14.9. The zero-order valence-electron chi connectivity index (χ0n) is 12.4. The molecule has 0 atom stereocenters. The first-order valence-electron chi connectivity index (χ1n) is 7.02. The summed E-state index contributed by atoms with van der Waals surface area (Å²) in [6.45, 7) is 4.99. The van der Waals surface area contributed by atoms with Crippen molar-refractivity contribution >= 4 is 27.5 Å². The smallest absolute Gasteiger partial charge is 0.255 e. The Bertz CT molecular complexity index is 743. The van der Waals surface area contributed by atoms with Crippen molar-refractivity contribution in [3.8, 4) is 11.5 Å². The highest BCUT2D eigenvalue weighted by molar-refractivity contribution is 9.10. The molecular formula is C17H16BrNO3. The quantitative estimate of drug-likeness (QED) is 0.876. The molecule has 2 aromatic carbocycles. The molecule has 4 nitrogen and oxygen atoms in total. The Labute approximate surface area is 137 Å². The van der Waals surface area contributed by atoms with E-state index in [1.54, 1.807) is 6.07 Å². The summed E-state index contributed by atoms with van der Waals surface area (Å²) in [4.78, 5) is 12.5. The van der Waals surface area contributed by atoms with Crippen LogP contribution >= 0.6 is 15.9 Å². The molecule has 1 aliphatic heterocycles. The molecule has 0 saturated carbocycles. The van der Waals surface area contributed by atoms with Crippen LogP contribution in [0, 0.1) is 13.8 Å². The van der Waals surface area contributed by atoms with Crippen molar-refractivity contribution in [3.05, 3.63) is 51.5 Å². The molecule has 3 rings (SSSR count). The fraction of sp³-hybridized carbons (Fsp3) is 0.235. The molecule has 0 spiro atoms. The van der Waals surface area contributed by atoms with Gasteiger partial charge in [0.25, 0.3) is 5.91 Å². The number of fused-ring (bicyclic) bond motifs is 1. The van der Waals surface area contributed by atoms with Crippen LogP contribution in [-0.2, 0) is 0 Å². The topological polar surface area (TPSA) is 47.6 Å². The molecule has 0 saturated heterocycles. The summed E-state index contributed by atoms with van der Waals surface area (Å²) in [7, 11) is 0. The zero-order valence-corrected chi connectivity index (χ0v) is 14.0. The maximum absolute atomic E-state index is 12.5. The van der Waals surface area contributed by atoms with Crippen LogP contribution in [0.25, 0.3) is 0 Å². The molecule has 5 heteroatoms. The van der Waals surface area contributed by atoms with E-state index in [4.69, 9.17) is 9.47 Å². The number of rotatable bonds is 2. The summed E-state index contributed by atoms with van der Waals surface area (Å²) >= 11 is 3.46. The van der Waals surface area contributed by atoms with Crippen molar-refractivity contribution in [1.29, 1.82) is 0 Å². The van der Waals surface area contributed by atoms with Gasteiger partial charge in [0.1, 0.15) is 13.2 Å². The highest BCUT2D eigenvalue weighted by Crippen LogP contribution is 2.38. The summed E-state index contributed by atoms with van der Waals surface area (Å²) in [5.74, 6) is 1.18. The lowest BCUT2D eigenvalue weighted by molar-refractivity contribution is 0.102. The molecule has 1 heterocycles. The highest BCUT2D eigenvalue weighted by Gasteiger charge is 2.17. The lowest BCUT2D eigenvalue weighted by atomic mass is 10.1. The minimum absolute atomic E-state index is 0.144. The third-order valence-corrected chi connectivity index (χ3v) is 4.16. The average molecular weight is 362 g/mol. The predicted molar refractivity (Wildman–Crippen MR) is 89.0 cm³/mol. The van der Waals surface area contributed by atoms with Gasteiger partial charge in [0.05, 0.1) is 5.69 Å². The van der Waals surface area contributed by atoms with Crippen molar-refractivity contribution in [2.24, 2.45) is 0 Å². The molecule has 114 valence electrons. The van der Waals surface area contributed by atoms with E-state index in [1.807, 2.05) is 38.1 Å². The molecule has 0 unspecified atom stereocenters. The Morgan fingerprint density at radius 2 is 1.77 bits per heavy atom. The Hall–Kier alpha value is -2.01. The van der Waals surface area contributed by atoms with Gasteiger partial charge in [-0.05, 0) is 41.4 Å². The number of nitrogens with one attached hydrogen (secondary N) is 1. The maximum atomic E-state index is 12.5. The van der Waals surface area contributed by atoms with Crippen LogP contribution in [0.4, 0.5) is 5.69 Å². The van der Waals surface area contributed by atoms with Gasteiger partial charge >= 0.3 is 0 Å². The standard InChI is InChI=1S/C17H16BrNO3/c1-10-3-4-12(11(2)7-10)17(20)19-14-9-16-15(8-13(14)18)21-5-6-22-16/h3-4,7-9H,5-6H2,1-2H3,(H,19,20). The molecule has 22 heavy (non-hydrogen) atoms. The first-order valence-corrected chi connectivity index (χ1v) is 7.81. The first-order chi connectivity index (χ1) is 10.5. The number of amides is 1. The summed E-state index contributed by atoms with van der Waals surface area (Å²) in [6.07, 6.45) is 0. The molecule has 0 aliphatic carbocycles. The van der Waals surface area contributed by atoms with Crippen LogP contribution in [0.15, 0.2) is 34.8 Å². The fourth-order valence-corrected chi connectivity index (χ4v) is 2.84. The van der Waals surface area contributed by atoms with E-state index in [2.05, 4.69) is 21.2 Å². The van der Waals surface area contributed by atoms with E-state index in [1.165, 1.54) is 0 Å². The van der Waals surface area contributed by atoms with E-state index in [0.717, 1.165) is 15.6 Å². The number of hydrogen-bond acceptors (Lipinski definition) is 3. The van der Waals surface area contributed by atoms with Crippen LogP contribution in [0.1, 0.15) is 21.5 Å². The Morgan fingerprint density at radius 3 is 2.45 bits per heavy atom. The van der Waals surface area contributed by atoms with Crippen LogP contribution in [0.2, 0.25) is 0 Å². The number of hydrogen-bond donors (Lipinski definition) is 1. The molecule has 2 aromatic rings. The van der Waals surface area contributed by atoms with Gasteiger partial charge in [0.2, 0.25) is 0 Å². The molecule has 1 aliphatic rings. The number of benzene rings is 2. The van der Waals surface area contributed by atoms with Crippen LogP contribution in [0.5, 0.6) is 11.5 Å². The van der Waals surface area contributed by atoms with E-state index < -0.39 is 0 Å². The Morgan fingerprint density at radius 1 is 1.09 bits per heavy atom. The van der Waals surface area contributed by atoms with Crippen molar-refractivity contribution in [1.82, 2.24) is 0 Å². The van der Waals surface area contributed by atoms with Gasteiger partial charge < -0.3 is 14.8 Å². The molecular weight excluding hydrogens is 346 g/mol. The van der Waals surface area contributed by atoms with E-state index in [-0.39, 0.29) is 5.91 Å². The lowest BCUT2D eigenvalue weighted by Crippen LogP contribution is -2.17. The van der Waals surface area contributed by atoms with Gasteiger partial charge in [-0.2, -0.15) is 0 Å². The molecule has 0 bridgehead atoms. The molecule has 0 radical (unpaired) electrons. The number of ether oxygens (including phenoxy) is 2. The maximum Gasteiger partial charge on any atom is 0.255 e. The van der Waals surface area contributed by atoms with E-state index in [9.17, 15) is 4.79 Å². The second kappa shape index (κ2) is 6.01. The SMILES string of the molecule is Cc1ccc(C(=O)Nc2cc3c(cc2Br)OCCO3)c(C)c1. The summed E-state index contributed by atoms with van der Waals surface area (Å²) < 4.78 is 11.8. The van der Waals surface area contributed by atoms with Crippen molar-refractivity contribution in [2.45, 2.75) is 13.8 Å². The van der Waals surface area contributed by atoms with Crippen molar-refractivity contribution in [3.63, 3.8) is 0 Å². The van der Waals surface area contributed by atoms with E-state index >= 15 is 0 Å². The lowest BCUT2D eigenvalue weighted by Gasteiger charge is -2.20. The second-order valence-electron chi connectivity index (χ2n) is 5.25. The normalized spacial score (nSPS) is 12.9. The van der Waals surface area contributed by atoms with Gasteiger partial charge in [-0.25, -0.2) is 0 Å². The molecule has 1 N–H and O–H groups in total. The number of anilines is 1. The molecule has 0 aromatic heterocycles. The largest absolute Gasteiger partial charge is 0.486 e. The number of aryl methyl sites for hydroxylation is 2. The van der Waals surface area contributed by atoms with E-state index in [0.29, 0.717) is 36.0 Å². The van der Waals surface area contributed by atoms with Gasteiger partial charge in [0, 0.05) is 22.2 Å². The third-order valence-electron chi connectivity index (χ3n) is 3.51. The summed E-state index contributed by atoms with van der Waals surface area (Å²) in [6, 6.07) is 9.35. The number of carbonyl (C=O) groups is 1. The van der Waals surface area contributed by atoms with Crippen LogP contribution in [0.3, 0.4) is 0 Å². The van der Waals surface area contributed by atoms with Crippen LogP contribution < -0.4 is 14.8 Å². The number of carbonyl (C=O) groups excluding carboxylic acids is 1. The minimum Gasteiger partial charge on any atom is -0.486 e. The predicted octanol–water partition coefficient (Wildman–Crippen LogP) is 4.09. The Kier molecular flexibility index (Phi) is 4.07. The molecule has 1 amide bonds. The monoisotopic (exact) mass is 361 g/mol. The molecule has 0 fully saturated rings. The van der Waals surface area contributed by atoms with Crippen molar-refractivity contribution < 1.29 is 14.3 Å². The zero-order chi connectivity index (χ0) is 15.7. The van der Waals surface area contributed by atoms with Crippen LogP contribution in [-0.4, -0.2) is 19.1 Å². The summed E-state index contributed by atoms with van der Waals surface area (Å²) in [5, 5.41) is 2.92. The highest BCUT2D eigenvalue weighted by atomic mass is 79.9. The minimum atomic E-state index is -0.144. The fourth-order valence-electron chi connectivity index (χ4n) is 2.42. The average Bonchev–Trinajstić information content (AvgIpc) is 2.47.